The average Bonchev–Trinajstić information content (AvgIpc) is 2.66. The Bertz CT molecular complexity index is 1140. The fourth-order valence-corrected chi connectivity index (χ4v) is 7.00. The molecule has 1 aromatic rings. The summed E-state index contributed by atoms with van der Waals surface area (Å²) in [6.45, 7) is 0. The largest absolute Gasteiger partial charge is 0.465 e. The predicted octanol–water partition coefficient (Wildman–Crippen LogP) is 3.74. The summed E-state index contributed by atoms with van der Waals surface area (Å²) in [5, 5.41) is -5.06. The van der Waals surface area contributed by atoms with Gasteiger partial charge in [-0.15, -0.1) is 0 Å². The monoisotopic (exact) mass is 696 g/mol. The Morgan fingerprint density at radius 2 is 1.72 bits per heavy atom. The number of halogens is 4. The van der Waals surface area contributed by atoms with Crippen LogP contribution in [-0.4, -0.2) is 41.6 Å². The molecule has 0 saturated heterocycles. The van der Waals surface area contributed by atoms with Crippen LogP contribution in [0.4, 0.5) is 8.78 Å². The van der Waals surface area contributed by atoms with Crippen LogP contribution in [0, 0.1) is 24.9 Å². The minimum Gasteiger partial charge on any atom is -0.454 e. The molecule has 0 radical (unpaired) electrons. The fourth-order valence-electron chi connectivity index (χ4n) is 5.84. The molecule has 32 heavy (non-hydrogen) atoms. The summed E-state index contributed by atoms with van der Waals surface area (Å²) in [7, 11) is -5.96. The van der Waals surface area contributed by atoms with Crippen molar-refractivity contribution < 1.29 is 45.6 Å². The minimum absolute atomic E-state index is 0.0193. The summed E-state index contributed by atoms with van der Waals surface area (Å²) < 4.78 is 77.3. The number of fused-ring (bicyclic) bond motifs is 1. The van der Waals surface area contributed by atoms with Gasteiger partial charge in [-0.2, -0.15) is 17.2 Å². The van der Waals surface area contributed by atoms with E-state index in [1.807, 2.05) is 0 Å². The number of esters is 2. The molecular formula is C19H16F2I2O8S. The molecule has 0 aromatic heterocycles. The number of ether oxygens (including phenoxy) is 3. The van der Waals surface area contributed by atoms with Gasteiger partial charge in [0.05, 0.1) is 0 Å². The van der Waals surface area contributed by atoms with Crippen molar-refractivity contribution in [2.45, 2.75) is 48.7 Å². The van der Waals surface area contributed by atoms with Gasteiger partial charge in [-0.3, -0.25) is 4.55 Å². The van der Waals surface area contributed by atoms with Gasteiger partial charge in [0.2, 0.25) is 0 Å². The highest BCUT2D eigenvalue weighted by Gasteiger charge is 2.69. The van der Waals surface area contributed by atoms with Gasteiger partial charge in [0, 0.05) is 19.0 Å². The first-order chi connectivity index (χ1) is 14.8. The zero-order valence-electron chi connectivity index (χ0n) is 16.1. The van der Waals surface area contributed by atoms with E-state index in [0.717, 1.165) is 7.14 Å². The molecule has 8 nitrogen and oxygen atoms in total. The third-order valence-electron chi connectivity index (χ3n) is 6.91. The van der Waals surface area contributed by atoms with E-state index in [1.165, 1.54) is 0 Å². The van der Waals surface area contributed by atoms with E-state index >= 15 is 0 Å². The molecule has 1 N–H and O–H groups in total. The van der Waals surface area contributed by atoms with Crippen molar-refractivity contribution in [1.29, 1.82) is 0 Å². The van der Waals surface area contributed by atoms with Crippen molar-refractivity contribution in [1.82, 2.24) is 0 Å². The molecule has 4 aliphatic carbocycles. The van der Waals surface area contributed by atoms with Gasteiger partial charge in [-0.05, 0) is 95.3 Å². The summed E-state index contributed by atoms with van der Waals surface area (Å²) in [5.74, 6) is -4.56. The summed E-state index contributed by atoms with van der Waals surface area (Å²) >= 11 is 4.24. The zero-order chi connectivity index (χ0) is 23.3. The van der Waals surface area contributed by atoms with E-state index in [1.54, 1.807) is 12.1 Å². The first-order valence-electron chi connectivity index (χ1n) is 9.76. The normalized spacial score (nSPS) is 35.3. The Morgan fingerprint density at radius 1 is 1.12 bits per heavy atom. The molecule has 1 aliphatic heterocycles. The van der Waals surface area contributed by atoms with Crippen molar-refractivity contribution in [2.24, 2.45) is 17.8 Å². The lowest BCUT2D eigenvalue weighted by atomic mass is 9.51. The highest BCUT2D eigenvalue weighted by Crippen LogP contribution is 2.63. The molecular weight excluding hydrogens is 680 g/mol. The first kappa shape index (κ1) is 23.0. The molecule has 4 fully saturated rings. The molecule has 13 heteroatoms. The van der Waals surface area contributed by atoms with E-state index in [9.17, 15) is 26.8 Å². The average molecular weight is 696 g/mol. The van der Waals surface area contributed by atoms with Gasteiger partial charge in [0.15, 0.2) is 0 Å². The number of hydrogen-bond acceptors (Lipinski definition) is 7. The van der Waals surface area contributed by atoms with E-state index in [4.69, 9.17) is 18.8 Å². The molecule has 4 bridgehead atoms. The number of hydrogen-bond donors (Lipinski definition) is 1. The topological polar surface area (TPSA) is 116 Å². The van der Waals surface area contributed by atoms with Crippen LogP contribution >= 0.6 is 45.2 Å². The summed E-state index contributed by atoms with van der Waals surface area (Å²) in [6.07, 6.45) is 1.64. The molecule has 174 valence electrons. The second-order valence-corrected chi connectivity index (χ2v) is 12.7. The van der Waals surface area contributed by atoms with Crippen LogP contribution in [0.3, 0.4) is 0 Å². The molecule has 6 rings (SSSR count). The lowest BCUT2D eigenvalue weighted by molar-refractivity contribution is -0.309. The van der Waals surface area contributed by atoms with Crippen LogP contribution in [0.15, 0.2) is 12.1 Å². The SMILES string of the molecule is O=C1OC2(Oc3cc(I)c(I)cc31)C1CC3CC2CC(OC(=O)C(F)(F)S(=O)(=O)O)(C3)C1. The first-order valence-corrected chi connectivity index (χ1v) is 13.4. The van der Waals surface area contributed by atoms with E-state index in [-0.39, 0.29) is 18.8 Å². The van der Waals surface area contributed by atoms with Crippen molar-refractivity contribution >= 4 is 67.2 Å². The van der Waals surface area contributed by atoms with Crippen molar-refractivity contribution in [2.75, 3.05) is 0 Å². The molecule has 5 aliphatic rings. The number of alkyl halides is 2. The second kappa shape index (κ2) is 7.10. The zero-order valence-corrected chi connectivity index (χ0v) is 21.3. The standard InChI is InChI=1S/C19H16F2I2O8S/c20-19(21,32(26,27)28)16(25)31-17-5-8-1-9(6-17)18(10(2-8)7-17)29-14-4-13(23)12(22)3-11(14)15(24)30-18/h3-4,8-10H,1-2,5-7H2,(H,26,27,28). The van der Waals surface area contributed by atoms with E-state index < -0.39 is 50.5 Å². The Labute approximate surface area is 208 Å². The predicted molar refractivity (Wildman–Crippen MR) is 120 cm³/mol. The maximum absolute atomic E-state index is 13.8. The van der Waals surface area contributed by atoms with Crippen LogP contribution in [0.25, 0.3) is 0 Å². The third-order valence-corrected chi connectivity index (χ3v) is 10.5. The molecule has 1 aromatic carbocycles. The van der Waals surface area contributed by atoms with Gasteiger partial charge >= 0.3 is 27.3 Å². The number of rotatable bonds is 3. The van der Waals surface area contributed by atoms with Crippen LogP contribution in [0.5, 0.6) is 5.75 Å². The minimum atomic E-state index is -5.96. The maximum atomic E-state index is 13.8. The second-order valence-electron chi connectivity index (χ2n) is 8.88. The molecule has 1 heterocycles. The Kier molecular flexibility index (Phi) is 5.09. The molecule has 2 atom stereocenters. The number of carbonyl (C=O) groups is 2. The van der Waals surface area contributed by atoms with E-state index in [0.29, 0.717) is 30.6 Å². The van der Waals surface area contributed by atoms with Crippen LogP contribution < -0.4 is 4.74 Å². The van der Waals surface area contributed by atoms with Crippen LogP contribution in [0.1, 0.15) is 42.5 Å². The molecule has 4 saturated carbocycles. The highest BCUT2D eigenvalue weighted by molar-refractivity contribution is 14.1. The maximum Gasteiger partial charge on any atom is 0.465 e. The summed E-state index contributed by atoms with van der Waals surface area (Å²) in [6, 6.07) is 3.44. The number of benzene rings is 1. The summed E-state index contributed by atoms with van der Waals surface area (Å²) in [5.41, 5.74) is -1.02. The fraction of sp³-hybridized carbons (Fsp3) is 0.579. The molecule has 0 amide bonds. The Morgan fingerprint density at radius 3 is 2.31 bits per heavy atom. The van der Waals surface area contributed by atoms with Crippen molar-refractivity contribution in [3.8, 4) is 5.75 Å². The van der Waals surface area contributed by atoms with Gasteiger partial charge in [-0.25, -0.2) is 9.59 Å². The van der Waals surface area contributed by atoms with Crippen LogP contribution in [0.2, 0.25) is 0 Å². The summed E-state index contributed by atoms with van der Waals surface area (Å²) in [4.78, 5) is 24.9. The lowest BCUT2D eigenvalue weighted by Gasteiger charge is -2.63. The van der Waals surface area contributed by atoms with Crippen LogP contribution in [-0.2, 0) is 24.4 Å². The van der Waals surface area contributed by atoms with E-state index in [2.05, 4.69) is 45.2 Å². The van der Waals surface area contributed by atoms with Gasteiger partial charge < -0.3 is 14.2 Å². The third kappa shape index (κ3) is 3.27. The number of carbonyl (C=O) groups excluding carboxylic acids is 2. The quantitative estimate of drug-likeness (QED) is 0.289. The smallest absolute Gasteiger partial charge is 0.454 e. The Hall–Kier alpha value is -0.810. The lowest BCUT2D eigenvalue weighted by Crippen LogP contribution is -2.69. The Balaban J connectivity index is 1.46. The van der Waals surface area contributed by atoms with Gasteiger partial charge in [0.25, 0.3) is 5.79 Å². The molecule has 2 unspecified atom stereocenters. The van der Waals surface area contributed by atoms with Gasteiger partial charge in [-0.1, -0.05) is 0 Å². The highest BCUT2D eigenvalue weighted by atomic mass is 127. The van der Waals surface area contributed by atoms with Crippen molar-refractivity contribution in [3.05, 3.63) is 24.8 Å². The molecule has 1 spiro atoms. The van der Waals surface area contributed by atoms with Crippen molar-refractivity contribution in [3.63, 3.8) is 0 Å². The van der Waals surface area contributed by atoms with Gasteiger partial charge in [0.1, 0.15) is 16.9 Å².